The Balaban J connectivity index is 0.00000169. The van der Waals surface area contributed by atoms with Gasteiger partial charge in [0, 0.05) is 6.54 Å². The third kappa shape index (κ3) is 4.84. The Morgan fingerprint density at radius 2 is 1.93 bits per heavy atom. The fourth-order valence-electron chi connectivity index (χ4n) is 1.02. The first-order valence-corrected chi connectivity index (χ1v) is 4.16. The van der Waals surface area contributed by atoms with Crippen molar-refractivity contribution in [3.8, 4) is 0 Å². The average molecular weight is 216 g/mol. The Hall–Kier alpha value is -1.06. The summed E-state index contributed by atoms with van der Waals surface area (Å²) in [7, 11) is 0. The molecule has 0 spiro atoms. The lowest BCUT2D eigenvalue weighted by atomic mass is 10.1. The van der Waals surface area contributed by atoms with Crippen LogP contribution in [0.3, 0.4) is 0 Å². The van der Waals surface area contributed by atoms with Crippen molar-refractivity contribution in [1.82, 2.24) is 5.32 Å². The molecule has 0 amide bonds. The summed E-state index contributed by atoms with van der Waals surface area (Å²) in [6, 6.07) is 8.00. The van der Waals surface area contributed by atoms with Crippen LogP contribution in [-0.2, 0) is 11.3 Å². The zero-order valence-corrected chi connectivity index (χ0v) is 8.80. The Morgan fingerprint density at radius 1 is 1.36 bits per heavy atom. The van der Waals surface area contributed by atoms with Gasteiger partial charge in [-0.25, -0.2) is 0 Å². The smallest absolute Gasteiger partial charge is 0.317 e. The molecule has 0 saturated carbocycles. The summed E-state index contributed by atoms with van der Waals surface area (Å²) in [5, 5.41) is 11.2. The molecule has 0 bridgehead atoms. The van der Waals surface area contributed by atoms with Crippen molar-refractivity contribution in [2.24, 2.45) is 0 Å². The topological polar surface area (TPSA) is 49.3 Å². The molecule has 0 aromatic heterocycles. The fourth-order valence-corrected chi connectivity index (χ4v) is 1.02. The Kier molecular flexibility index (Phi) is 5.92. The number of halogens is 1. The van der Waals surface area contributed by atoms with Crippen molar-refractivity contribution < 1.29 is 9.90 Å². The molecule has 0 aliphatic rings. The Labute approximate surface area is 89.5 Å². The number of aliphatic carboxylic acids is 1. The van der Waals surface area contributed by atoms with Crippen molar-refractivity contribution in [3.63, 3.8) is 0 Å². The van der Waals surface area contributed by atoms with Gasteiger partial charge in [0.1, 0.15) is 0 Å². The molecule has 1 rings (SSSR count). The van der Waals surface area contributed by atoms with Crippen molar-refractivity contribution in [3.05, 3.63) is 35.4 Å². The maximum atomic E-state index is 10.2. The average Bonchev–Trinajstić information content (AvgIpc) is 2.08. The number of benzene rings is 1. The number of aryl methyl sites for hydroxylation is 1. The van der Waals surface area contributed by atoms with Crippen LogP contribution >= 0.6 is 12.4 Å². The standard InChI is InChI=1S/C10H13NO2.ClH/c1-8-2-4-9(5-3-8)6-11-7-10(12)13;/h2-5,11H,6-7H2,1H3,(H,12,13);1H. The van der Waals surface area contributed by atoms with Crippen LogP contribution in [0.15, 0.2) is 24.3 Å². The molecule has 0 radical (unpaired) electrons. The number of carbonyl (C=O) groups is 1. The van der Waals surface area contributed by atoms with E-state index >= 15 is 0 Å². The van der Waals surface area contributed by atoms with Gasteiger partial charge in [0.25, 0.3) is 0 Å². The molecule has 0 saturated heterocycles. The van der Waals surface area contributed by atoms with Crippen molar-refractivity contribution in [2.45, 2.75) is 13.5 Å². The predicted molar refractivity (Wildman–Crippen MR) is 57.8 cm³/mol. The maximum Gasteiger partial charge on any atom is 0.317 e. The minimum Gasteiger partial charge on any atom is -0.480 e. The van der Waals surface area contributed by atoms with Crippen LogP contribution in [0.25, 0.3) is 0 Å². The molecular weight excluding hydrogens is 202 g/mol. The highest BCUT2D eigenvalue weighted by Crippen LogP contribution is 2.01. The van der Waals surface area contributed by atoms with Gasteiger partial charge < -0.3 is 10.4 Å². The lowest BCUT2D eigenvalue weighted by molar-refractivity contribution is -0.135. The molecule has 4 heteroatoms. The minimum absolute atomic E-state index is 0. The van der Waals surface area contributed by atoms with Gasteiger partial charge in [-0.15, -0.1) is 12.4 Å². The van der Waals surface area contributed by atoms with Crippen LogP contribution in [0.5, 0.6) is 0 Å². The summed E-state index contributed by atoms with van der Waals surface area (Å²) in [5.41, 5.74) is 2.31. The van der Waals surface area contributed by atoms with Crippen LogP contribution in [-0.4, -0.2) is 17.6 Å². The molecule has 0 fully saturated rings. The molecule has 3 nitrogen and oxygen atoms in total. The first kappa shape index (κ1) is 12.9. The summed E-state index contributed by atoms with van der Waals surface area (Å²) >= 11 is 0. The summed E-state index contributed by atoms with van der Waals surface area (Å²) in [6.45, 7) is 2.63. The highest BCUT2D eigenvalue weighted by Gasteiger charge is 1.95. The van der Waals surface area contributed by atoms with E-state index in [1.165, 1.54) is 5.56 Å². The van der Waals surface area contributed by atoms with Crippen LogP contribution in [0.1, 0.15) is 11.1 Å². The summed E-state index contributed by atoms with van der Waals surface area (Å²) < 4.78 is 0. The van der Waals surface area contributed by atoms with E-state index in [4.69, 9.17) is 5.11 Å². The monoisotopic (exact) mass is 215 g/mol. The molecule has 78 valence electrons. The minimum atomic E-state index is -0.827. The number of nitrogens with one attached hydrogen (secondary N) is 1. The van der Waals surface area contributed by atoms with Gasteiger partial charge in [-0.1, -0.05) is 29.8 Å². The van der Waals surface area contributed by atoms with Crippen LogP contribution in [0, 0.1) is 6.92 Å². The van der Waals surface area contributed by atoms with Crippen molar-refractivity contribution in [2.75, 3.05) is 6.54 Å². The SMILES string of the molecule is Cc1ccc(CNCC(=O)O)cc1.Cl. The first-order valence-electron chi connectivity index (χ1n) is 4.16. The zero-order chi connectivity index (χ0) is 9.68. The van der Waals surface area contributed by atoms with Gasteiger partial charge in [0.05, 0.1) is 6.54 Å². The third-order valence-corrected chi connectivity index (χ3v) is 1.73. The second-order valence-electron chi connectivity index (χ2n) is 2.98. The van der Waals surface area contributed by atoms with E-state index in [1.54, 1.807) is 0 Å². The fraction of sp³-hybridized carbons (Fsp3) is 0.300. The molecule has 1 aromatic rings. The maximum absolute atomic E-state index is 10.2. The molecule has 0 heterocycles. The third-order valence-electron chi connectivity index (χ3n) is 1.73. The quantitative estimate of drug-likeness (QED) is 0.802. The first-order chi connectivity index (χ1) is 6.18. The van der Waals surface area contributed by atoms with E-state index in [2.05, 4.69) is 5.32 Å². The summed E-state index contributed by atoms with van der Waals surface area (Å²) in [4.78, 5) is 10.2. The van der Waals surface area contributed by atoms with Crippen LogP contribution < -0.4 is 5.32 Å². The Bertz CT molecular complexity index is 285. The van der Waals surface area contributed by atoms with Gasteiger partial charge in [-0.3, -0.25) is 4.79 Å². The predicted octanol–water partition coefficient (Wildman–Crippen LogP) is 1.59. The number of carboxylic acids is 1. The number of carboxylic acid groups (broad SMARTS) is 1. The summed E-state index contributed by atoms with van der Waals surface area (Å²) in [5.74, 6) is -0.827. The molecule has 14 heavy (non-hydrogen) atoms. The second kappa shape index (κ2) is 6.40. The highest BCUT2D eigenvalue weighted by molar-refractivity contribution is 5.85. The lowest BCUT2D eigenvalue weighted by Gasteiger charge is -2.01. The van der Waals surface area contributed by atoms with Crippen LogP contribution in [0.2, 0.25) is 0 Å². The van der Waals surface area contributed by atoms with Gasteiger partial charge in [0.2, 0.25) is 0 Å². The van der Waals surface area contributed by atoms with Crippen molar-refractivity contribution in [1.29, 1.82) is 0 Å². The largest absolute Gasteiger partial charge is 0.480 e. The lowest BCUT2D eigenvalue weighted by Crippen LogP contribution is -2.21. The van der Waals surface area contributed by atoms with Gasteiger partial charge in [-0.05, 0) is 12.5 Å². The molecular formula is C10H14ClNO2. The van der Waals surface area contributed by atoms with E-state index in [9.17, 15) is 4.79 Å². The molecule has 0 aliphatic heterocycles. The van der Waals surface area contributed by atoms with Gasteiger partial charge >= 0.3 is 5.97 Å². The van der Waals surface area contributed by atoms with E-state index in [0.717, 1.165) is 5.56 Å². The molecule has 0 aliphatic carbocycles. The van der Waals surface area contributed by atoms with Gasteiger partial charge in [-0.2, -0.15) is 0 Å². The molecule has 1 aromatic carbocycles. The second-order valence-corrected chi connectivity index (χ2v) is 2.98. The highest BCUT2D eigenvalue weighted by atomic mass is 35.5. The number of hydrogen-bond acceptors (Lipinski definition) is 2. The van der Waals surface area contributed by atoms with Gasteiger partial charge in [0.15, 0.2) is 0 Å². The van der Waals surface area contributed by atoms with E-state index in [1.807, 2.05) is 31.2 Å². The molecule has 0 unspecified atom stereocenters. The zero-order valence-electron chi connectivity index (χ0n) is 7.99. The molecule has 0 atom stereocenters. The number of hydrogen-bond donors (Lipinski definition) is 2. The van der Waals surface area contributed by atoms with E-state index in [0.29, 0.717) is 6.54 Å². The van der Waals surface area contributed by atoms with Crippen LogP contribution in [0.4, 0.5) is 0 Å². The summed E-state index contributed by atoms with van der Waals surface area (Å²) in [6.07, 6.45) is 0. The normalized spacial score (nSPS) is 9.21. The van der Waals surface area contributed by atoms with Crippen molar-refractivity contribution >= 4 is 18.4 Å². The van der Waals surface area contributed by atoms with E-state index in [-0.39, 0.29) is 19.0 Å². The number of rotatable bonds is 4. The molecule has 2 N–H and O–H groups in total. The Morgan fingerprint density at radius 3 is 2.43 bits per heavy atom. The van der Waals surface area contributed by atoms with E-state index < -0.39 is 5.97 Å².